The first kappa shape index (κ1) is 15.4. The van der Waals surface area contributed by atoms with Crippen molar-refractivity contribution < 1.29 is 14.3 Å². The van der Waals surface area contributed by atoms with Crippen molar-refractivity contribution in [2.45, 2.75) is 39.0 Å². The Morgan fingerprint density at radius 1 is 1.38 bits per heavy atom. The predicted octanol–water partition coefficient (Wildman–Crippen LogP) is 0.895. The van der Waals surface area contributed by atoms with E-state index in [2.05, 4.69) is 10.3 Å². The Bertz CT molecular complexity index is 496. The van der Waals surface area contributed by atoms with Crippen LogP contribution in [0.15, 0.2) is 24.5 Å². The van der Waals surface area contributed by atoms with Gasteiger partial charge >= 0.3 is 11.8 Å². The number of rotatable bonds is 2. The number of hydrogen-bond acceptors (Lipinski definition) is 4. The van der Waals surface area contributed by atoms with Crippen molar-refractivity contribution in [3.8, 4) is 0 Å². The Morgan fingerprint density at radius 3 is 2.62 bits per heavy atom. The molecule has 0 bridgehead atoms. The highest BCUT2D eigenvalue weighted by molar-refractivity contribution is 6.35. The summed E-state index contributed by atoms with van der Waals surface area (Å²) in [7, 11) is 0. The predicted molar refractivity (Wildman–Crippen MR) is 77.4 cm³/mol. The molecule has 1 saturated heterocycles. The monoisotopic (exact) mass is 291 g/mol. The van der Waals surface area contributed by atoms with Crippen LogP contribution in [0.25, 0.3) is 0 Å². The van der Waals surface area contributed by atoms with E-state index in [4.69, 9.17) is 4.74 Å². The lowest BCUT2D eigenvalue weighted by Gasteiger charge is -2.35. The van der Waals surface area contributed by atoms with Crippen molar-refractivity contribution in [2.24, 2.45) is 0 Å². The number of aromatic nitrogens is 1. The van der Waals surface area contributed by atoms with Gasteiger partial charge in [0.2, 0.25) is 0 Å². The number of pyridine rings is 1. The molecule has 0 unspecified atom stereocenters. The van der Waals surface area contributed by atoms with E-state index in [1.54, 1.807) is 23.4 Å². The molecule has 0 spiro atoms. The number of morpholine rings is 1. The van der Waals surface area contributed by atoms with Crippen LogP contribution in [0.1, 0.15) is 32.4 Å². The SMILES string of the molecule is C[C@@H]1CN(C(=O)C(=O)N[C@@H](C)c2cccnc2)C[C@H](C)O1. The van der Waals surface area contributed by atoms with Gasteiger partial charge in [-0.2, -0.15) is 0 Å². The fraction of sp³-hybridized carbons (Fsp3) is 0.533. The molecule has 6 nitrogen and oxygen atoms in total. The molecule has 21 heavy (non-hydrogen) atoms. The lowest BCUT2D eigenvalue weighted by Crippen LogP contribution is -2.52. The number of nitrogens with one attached hydrogen (secondary N) is 1. The van der Waals surface area contributed by atoms with Crippen LogP contribution >= 0.6 is 0 Å². The summed E-state index contributed by atoms with van der Waals surface area (Å²) in [5.74, 6) is -1.10. The zero-order chi connectivity index (χ0) is 15.4. The minimum Gasteiger partial charge on any atom is -0.372 e. The topological polar surface area (TPSA) is 71.5 Å². The lowest BCUT2D eigenvalue weighted by atomic mass is 10.1. The third-order valence-electron chi connectivity index (χ3n) is 3.43. The Balaban J connectivity index is 1.95. The summed E-state index contributed by atoms with van der Waals surface area (Å²) in [5, 5.41) is 2.71. The Labute approximate surface area is 124 Å². The van der Waals surface area contributed by atoms with Gasteiger partial charge in [-0.05, 0) is 32.4 Å². The molecule has 1 N–H and O–H groups in total. The second-order valence-corrected chi connectivity index (χ2v) is 5.45. The average molecular weight is 291 g/mol. The minimum absolute atomic E-state index is 0.0544. The molecule has 1 aliphatic heterocycles. The van der Waals surface area contributed by atoms with Crippen LogP contribution in [0.4, 0.5) is 0 Å². The highest BCUT2D eigenvalue weighted by Crippen LogP contribution is 2.12. The van der Waals surface area contributed by atoms with Crippen LogP contribution in [0, 0.1) is 0 Å². The Kier molecular flexibility index (Phi) is 4.90. The third-order valence-corrected chi connectivity index (χ3v) is 3.43. The molecule has 1 fully saturated rings. The average Bonchev–Trinajstić information content (AvgIpc) is 2.46. The summed E-state index contributed by atoms with van der Waals surface area (Å²) in [6.45, 7) is 6.50. The molecule has 0 saturated carbocycles. The normalized spacial score (nSPS) is 23.5. The van der Waals surface area contributed by atoms with Crippen LogP contribution in [0.2, 0.25) is 0 Å². The van der Waals surface area contributed by atoms with Gasteiger partial charge in [-0.1, -0.05) is 6.07 Å². The van der Waals surface area contributed by atoms with Crippen LogP contribution in [-0.2, 0) is 14.3 Å². The fourth-order valence-electron chi connectivity index (χ4n) is 2.46. The number of nitrogens with zero attached hydrogens (tertiary/aromatic N) is 2. The van der Waals surface area contributed by atoms with E-state index in [1.807, 2.05) is 26.8 Å². The van der Waals surface area contributed by atoms with Gasteiger partial charge in [0.25, 0.3) is 0 Å². The first-order chi connectivity index (χ1) is 9.97. The van der Waals surface area contributed by atoms with E-state index in [-0.39, 0.29) is 18.2 Å². The number of carbonyl (C=O) groups is 2. The van der Waals surface area contributed by atoms with Gasteiger partial charge in [-0.3, -0.25) is 14.6 Å². The largest absolute Gasteiger partial charge is 0.372 e. The lowest BCUT2D eigenvalue weighted by molar-refractivity contribution is -0.153. The van der Waals surface area contributed by atoms with Gasteiger partial charge in [0.05, 0.1) is 18.2 Å². The molecule has 1 aromatic rings. The van der Waals surface area contributed by atoms with Crippen LogP contribution in [-0.4, -0.2) is 47.0 Å². The van der Waals surface area contributed by atoms with Gasteiger partial charge in [0.15, 0.2) is 0 Å². The van der Waals surface area contributed by atoms with E-state index in [0.29, 0.717) is 13.1 Å². The van der Waals surface area contributed by atoms with E-state index in [9.17, 15) is 9.59 Å². The van der Waals surface area contributed by atoms with Crippen LogP contribution < -0.4 is 5.32 Å². The molecule has 1 aliphatic rings. The molecule has 2 amide bonds. The summed E-state index contributed by atoms with van der Waals surface area (Å²) in [6.07, 6.45) is 3.23. The molecule has 2 heterocycles. The molecule has 0 radical (unpaired) electrons. The first-order valence-electron chi connectivity index (χ1n) is 7.12. The summed E-state index contributed by atoms with van der Waals surface area (Å²) in [4.78, 5) is 29.8. The van der Waals surface area contributed by atoms with Gasteiger partial charge in [-0.25, -0.2) is 0 Å². The number of amides is 2. The van der Waals surface area contributed by atoms with E-state index in [1.165, 1.54) is 0 Å². The second kappa shape index (κ2) is 6.67. The molecule has 1 aromatic heterocycles. The molecule has 0 aliphatic carbocycles. The molecular weight excluding hydrogens is 270 g/mol. The van der Waals surface area contributed by atoms with Crippen LogP contribution in [0.3, 0.4) is 0 Å². The number of hydrogen-bond donors (Lipinski definition) is 1. The van der Waals surface area contributed by atoms with E-state index in [0.717, 1.165) is 5.56 Å². The maximum atomic E-state index is 12.2. The second-order valence-electron chi connectivity index (χ2n) is 5.45. The van der Waals surface area contributed by atoms with Gasteiger partial charge in [0, 0.05) is 25.5 Å². The number of carbonyl (C=O) groups excluding carboxylic acids is 2. The van der Waals surface area contributed by atoms with E-state index < -0.39 is 11.8 Å². The van der Waals surface area contributed by atoms with Gasteiger partial charge in [0.1, 0.15) is 0 Å². The summed E-state index contributed by atoms with van der Waals surface area (Å²) >= 11 is 0. The van der Waals surface area contributed by atoms with Crippen LogP contribution in [0.5, 0.6) is 0 Å². The number of ether oxygens (including phenoxy) is 1. The molecule has 0 aromatic carbocycles. The highest BCUT2D eigenvalue weighted by atomic mass is 16.5. The summed E-state index contributed by atoms with van der Waals surface area (Å²) in [5.41, 5.74) is 0.863. The molecule has 114 valence electrons. The third kappa shape index (κ3) is 4.01. The maximum Gasteiger partial charge on any atom is 0.312 e. The van der Waals surface area contributed by atoms with Gasteiger partial charge < -0.3 is 15.0 Å². The van der Waals surface area contributed by atoms with Crippen molar-refractivity contribution in [2.75, 3.05) is 13.1 Å². The van der Waals surface area contributed by atoms with Gasteiger partial charge in [-0.15, -0.1) is 0 Å². The molecule has 6 heteroatoms. The van der Waals surface area contributed by atoms with Crippen molar-refractivity contribution in [1.82, 2.24) is 15.2 Å². The van der Waals surface area contributed by atoms with Crippen molar-refractivity contribution in [1.29, 1.82) is 0 Å². The molecule has 3 atom stereocenters. The summed E-state index contributed by atoms with van der Waals surface area (Å²) < 4.78 is 5.56. The zero-order valence-electron chi connectivity index (χ0n) is 12.6. The quantitative estimate of drug-likeness (QED) is 0.822. The summed E-state index contributed by atoms with van der Waals surface area (Å²) in [6, 6.07) is 3.40. The minimum atomic E-state index is -0.590. The Morgan fingerprint density at radius 2 is 2.05 bits per heavy atom. The first-order valence-corrected chi connectivity index (χ1v) is 7.12. The zero-order valence-corrected chi connectivity index (χ0v) is 12.6. The maximum absolute atomic E-state index is 12.2. The Hall–Kier alpha value is -1.95. The molecular formula is C15H21N3O3. The standard InChI is InChI=1S/C15H21N3O3/c1-10-8-18(9-11(2)21-10)15(20)14(19)17-12(3)13-5-4-6-16-7-13/h4-7,10-12H,8-9H2,1-3H3,(H,17,19)/t10-,11+,12-/m0/s1. The smallest absolute Gasteiger partial charge is 0.312 e. The molecule has 2 rings (SSSR count). The fourth-order valence-corrected chi connectivity index (χ4v) is 2.46. The van der Waals surface area contributed by atoms with Crippen molar-refractivity contribution >= 4 is 11.8 Å². The van der Waals surface area contributed by atoms with E-state index >= 15 is 0 Å². The van der Waals surface area contributed by atoms with Crippen molar-refractivity contribution in [3.63, 3.8) is 0 Å². The highest BCUT2D eigenvalue weighted by Gasteiger charge is 2.30. The van der Waals surface area contributed by atoms with Crippen molar-refractivity contribution in [3.05, 3.63) is 30.1 Å².